The van der Waals surface area contributed by atoms with E-state index in [0.717, 1.165) is 25.2 Å². The summed E-state index contributed by atoms with van der Waals surface area (Å²) in [6.45, 7) is 8.94. The Morgan fingerprint density at radius 2 is 2.05 bits per heavy atom. The molecule has 1 aliphatic carbocycles. The van der Waals surface area contributed by atoms with Crippen LogP contribution in [0.2, 0.25) is 0 Å². The largest absolute Gasteiger partial charge is 0.456 e. The van der Waals surface area contributed by atoms with E-state index >= 15 is 0 Å². The van der Waals surface area contributed by atoms with E-state index < -0.39 is 12.2 Å². The summed E-state index contributed by atoms with van der Waals surface area (Å²) in [6, 6.07) is 0. The number of ether oxygens (including phenoxy) is 3. The number of carbonyl (C=O) groups is 1. The quantitative estimate of drug-likeness (QED) is 0.128. The maximum absolute atomic E-state index is 12.3. The maximum atomic E-state index is 12.3. The molecule has 0 radical (unpaired) electrons. The third-order valence-corrected chi connectivity index (χ3v) is 7.65. The molecule has 0 bridgehead atoms. The molecule has 5 heteroatoms. The Morgan fingerprint density at radius 3 is 2.71 bits per heavy atom. The number of hydrogen-bond acceptors (Lipinski definition) is 5. The van der Waals surface area contributed by atoms with Gasteiger partial charge in [-0.3, -0.25) is 0 Å². The van der Waals surface area contributed by atoms with Gasteiger partial charge in [0.25, 0.3) is 0 Å². The van der Waals surface area contributed by atoms with Crippen molar-refractivity contribution in [2.45, 2.75) is 116 Å². The van der Waals surface area contributed by atoms with Gasteiger partial charge in [-0.1, -0.05) is 60.6 Å². The Hall–Kier alpha value is -1.95. The van der Waals surface area contributed by atoms with E-state index in [9.17, 15) is 9.90 Å². The summed E-state index contributed by atoms with van der Waals surface area (Å²) in [4.78, 5) is 12.3. The van der Waals surface area contributed by atoms with Gasteiger partial charge in [0, 0.05) is 13.2 Å². The minimum Gasteiger partial charge on any atom is -0.456 e. The first-order valence-electron chi connectivity index (χ1n) is 14.6. The summed E-state index contributed by atoms with van der Waals surface area (Å²) in [5.74, 6) is 1.05. The van der Waals surface area contributed by atoms with Crippen LogP contribution in [0.1, 0.15) is 91.9 Å². The average Bonchev–Trinajstić information content (AvgIpc) is 2.89. The molecule has 38 heavy (non-hydrogen) atoms. The van der Waals surface area contributed by atoms with Gasteiger partial charge in [-0.25, -0.2) is 4.79 Å². The zero-order valence-corrected chi connectivity index (χ0v) is 24.4. The molecule has 0 aromatic heterocycles. The second-order valence-electron chi connectivity index (χ2n) is 11.1. The van der Waals surface area contributed by atoms with Crippen molar-refractivity contribution in [2.24, 2.45) is 11.8 Å². The van der Waals surface area contributed by atoms with Gasteiger partial charge in [-0.05, 0) is 96.8 Å². The number of rotatable bonds is 16. The zero-order chi connectivity index (χ0) is 27.8. The van der Waals surface area contributed by atoms with Crippen LogP contribution in [-0.4, -0.2) is 49.2 Å². The lowest BCUT2D eigenvalue weighted by atomic mass is 9.83. The van der Waals surface area contributed by atoms with Gasteiger partial charge >= 0.3 is 5.97 Å². The van der Waals surface area contributed by atoms with Crippen molar-refractivity contribution in [3.63, 3.8) is 0 Å². The van der Waals surface area contributed by atoms with Gasteiger partial charge < -0.3 is 19.3 Å². The van der Waals surface area contributed by atoms with Crippen LogP contribution in [0.3, 0.4) is 0 Å². The topological polar surface area (TPSA) is 65.0 Å². The van der Waals surface area contributed by atoms with E-state index in [1.165, 1.54) is 42.9 Å². The third-order valence-electron chi connectivity index (χ3n) is 7.65. The fourth-order valence-electron chi connectivity index (χ4n) is 5.55. The van der Waals surface area contributed by atoms with E-state index in [2.05, 4.69) is 45.1 Å². The monoisotopic (exact) mass is 528 g/mol. The molecule has 0 amide bonds. The molecular formula is C33H52O5. The van der Waals surface area contributed by atoms with Gasteiger partial charge in [0.2, 0.25) is 0 Å². The van der Waals surface area contributed by atoms with Crippen molar-refractivity contribution in [1.29, 1.82) is 0 Å². The molecule has 0 fully saturated rings. The van der Waals surface area contributed by atoms with Crippen molar-refractivity contribution in [3.05, 3.63) is 59.8 Å². The number of esters is 1. The van der Waals surface area contributed by atoms with Crippen molar-refractivity contribution in [2.75, 3.05) is 13.7 Å². The molecule has 2 aliphatic rings. The first kappa shape index (κ1) is 32.3. The number of hydrogen-bond donors (Lipinski definition) is 1. The summed E-state index contributed by atoms with van der Waals surface area (Å²) >= 11 is 0. The lowest BCUT2D eigenvalue weighted by molar-refractivity contribution is -0.148. The van der Waals surface area contributed by atoms with Crippen molar-refractivity contribution in [1.82, 2.24) is 0 Å². The Balaban J connectivity index is 1.87. The molecule has 1 aliphatic heterocycles. The highest BCUT2D eigenvalue weighted by Gasteiger charge is 2.24. The molecule has 0 spiro atoms. The molecule has 0 saturated carbocycles. The predicted molar refractivity (Wildman–Crippen MR) is 156 cm³/mol. The van der Waals surface area contributed by atoms with Crippen LogP contribution in [0.15, 0.2) is 59.8 Å². The van der Waals surface area contributed by atoms with Crippen LogP contribution < -0.4 is 0 Å². The summed E-state index contributed by atoms with van der Waals surface area (Å²) in [5.41, 5.74) is 2.65. The highest BCUT2D eigenvalue weighted by Crippen LogP contribution is 2.29. The number of aliphatic hydroxyl groups is 1. The molecule has 1 heterocycles. The molecule has 5 nitrogen and oxygen atoms in total. The van der Waals surface area contributed by atoms with Crippen LogP contribution in [0.25, 0.3) is 0 Å². The fraction of sp³-hybridized carbons (Fsp3) is 0.667. The summed E-state index contributed by atoms with van der Waals surface area (Å²) in [6.07, 6.45) is 24.4. The number of aliphatic hydroxyl groups excluding tert-OH is 1. The molecule has 0 aromatic rings. The normalized spacial score (nSPS) is 23.8. The van der Waals surface area contributed by atoms with Crippen molar-refractivity contribution >= 4 is 5.97 Å². The van der Waals surface area contributed by atoms with Crippen LogP contribution >= 0.6 is 0 Å². The minimum atomic E-state index is -0.432. The molecule has 0 saturated heterocycles. The fourth-order valence-corrected chi connectivity index (χ4v) is 5.55. The number of allylic oxidation sites excluding steroid dienone is 4. The molecule has 6 unspecified atom stereocenters. The van der Waals surface area contributed by atoms with Gasteiger partial charge in [-0.15, -0.1) is 0 Å². The predicted octanol–water partition coefficient (Wildman–Crippen LogP) is 7.42. The smallest absolute Gasteiger partial charge is 0.330 e. The van der Waals surface area contributed by atoms with E-state index in [0.29, 0.717) is 31.8 Å². The molecule has 6 atom stereocenters. The Morgan fingerprint density at radius 1 is 1.24 bits per heavy atom. The average molecular weight is 529 g/mol. The van der Waals surface area contributed by atoms with E-state index in [1.54, 1.807) is 20.1 Å². The zero-order valence-electron chi connectivity index (χ0n) is 24.4. The Bertz CT molecular complexity index is 836. The van der Waals surface area contributed by atoms with Crippen molar-refractivity contribution in [3.8, 4) is 0 Å². The van der Waals surface area contributed by atoms with Crippen LogP contribution in [-0.2, 0) is 19.0 Å². The maximum Gasteiger partial charge on any atom is 0.330 e. The van der Waals surface area contributed by atoms with Crippen LogP contribution in [0, 0.1) is 11.8 Å². The summed E-state index contributed by atoms with van der Waals surface area (Å²) in [7, 11) is 1.64. The van der Waals surface area contributed by atoms with Gasteiger partial charge in [0.1, 0.15) is 12.2 Å². The first-order chi connectivity index (χ1) is 18.3. The van der Waals surface area contributed by atoms with Crippen LogP contribution in [0.5, 0.6) is 0 Å². The lowest BCUT2D eigenvalue weighted by Gasteiger charge is -2.25. The SMILES string of the molecule is C/C=C\C(=O)OC(CCCC(O)C/C(=C\C)CC(C)CC1CC=CCC1)C(/C=C/C1CC(C)=CCO1)OC. The molecule has 214 valence electrons. The molecular weight excluding hydrogens is 476 g/mol. The Kier molecular flexibility index (Phi) is 15.6. The van der Waals surface area contributed by atoms with Gasteiger partial charge in [-0.2, -0.15) is 0 Å². The highest BCUT2D eigenvalue weighted by molar-refractivity contribution is 5.82. The third kappa shape index (κ3) is 12.7. The van der Waals surface area contributed by atoms with Gasteiger partial charge in [0.05, 0.1) is 18.8 Å². The number of methoxy groups -OCH3 is 1. The number of carbonyl (C=O) groups excluding carboxylic acids is 1. The molecule has 0 aromatic carbocycles. The second-order valence-corrected chi connectivity index (χ2v) is 11.1. The van der Waals surface area contributed by atoms with E-state index in [-0.39, 0.29) is 18.2 Å². The highest BCUT2D eigenvalue weighted by atomic mass is 16.6. The lowest BCUT2D eigenvalue weighted by Crippen LogP contribution is -2.32. The first-order valence-corrected chi connectivity index (χ1v) is 14.6. The molecule has 1 N–H and O–H groups in total. The van der Waals surface area contributed by atoms with Crippen LogP contribution in [0.4, 0.5) is 0 Å². The Labute approximate surface area is 231 Å². The second kappa shape index (κ2) is 18.4. The standard InChI is InChI=1S/C33H52O5/c1-6-12-33(35)38-32(31(36-5)18-17-30-23-25(3)19-20-37-30)16-11-15-29(34)24-27(7-2)21-26(4)22-28-13-9-8-10-14-28/h6-9,12,17-19,26,28-32,34H,10-11,13-16,20-24H2,1-5H3/b12-6-,18-17+,27-7-. The van der Waals surface area contributed by atoms with E-state index in [4.69, 9.17) is 14.2 Å². The van der Waals surface area contributed by atoms with E-state index in [1.807, 2.05) is 12.2 Å². The summed E-state index contributed by atoms with van der Waals surface area (Å²) < 4.78 is 17.3. The van der Waals surface area contributed by atoms with Crippen molar-refractivity contribution < 1.29 is 24.1 Å². The summed E-state index contributed by atoms with van der Waals surface area (Å²) in [5, 5.41) is 10.8. The molecule has 2 rings (SSSR count). The minimum absolute atomic E-state index is 0.00239. The van der Waals surface area contributed by atoms with Gasteiger partial charge in [0.15, 0.2) is 0 Å².